The number of nitrogens with one attached hydrogen (secondary N) is 1. The van der Waals surface area contributed by atoms with E-state index in [-0.39, 0.29) is 31.4 Å². The predicted molar refractivity (Wildman–Crippen MR) is 121 cm³/mol. The molecular formula is C25H28N2O6. The van der Waals surface area contributed by atoms with Gasteiger partial charge in [-0.3, -0.25) is 9.59 Å². The lowest BCUT2D eigenvalue weighted by Crippen LogP contribution is -2.50. The Hall–Kier alpha value is -3.39. The van der Waals surface area contributed by atoms with Gasteiger partial charge in [0.05, 0.1) is 12.5 Å². The van der Waals surface area contributed by atoms with Gasteiger partial charge in [0.25, 0.3) is 5.91 Å². The summed E-state index contributed by atoms with van der Waals surface area (Å²) in [6.45, 7) is 2.77. The molecule has 174 valence electrons. The van der Waals surface area contributed by atoms with Gasteiger partial charge >= 0.3 is 12.1 Å². The third-order valence-electron chi connectivity index (χ3n) is 6.27. The average molecular weight is 453 g/mol. The van der Waals surface area contributed by atoms with Crippen LogP contribution in [0.1, 0.15) is 36.8 Å². The molecule has 0 aromatic heterocycles. The van der Waals surface area contributed by atoms with E-state index in [4.69, 9.17) is 14.6 Å². The van der Waals surface area contributed by atoms with Gasteiger partial charge in [-0.1, -0.05) is 48.5 Å². The summed E-state index contributed by atoms with van der Waals surface area (Å²) >= 11 is 0. The molecule has 0 spiro atoms. The topological polar surface area (TPSA) is 105 Å². The number of benzene rings is 2. The quantitative estimate of drug-likeness (QED) is 0.638. The second-order valence-corrected chi connectivity index (χ2v) is 8.22. The smallest absolute Gasteiger partial charge is 0.407 e. The largest absolute Gasteiger partial charge is 0.481 e. The first kappa shape index (κ1) is 22.8. The minimum atomic E-state index is -0.970. The molecule has 1 fully saturated rings. The van der Waals surface area contributed by atoms with Crippen molar-refractivity contribution in [3.8, 4) is 11.1 Å². The Morgan fingerprint density at radius 1 is 1.09 bits per heavy atom. The average Bonchev–Trinajstić information content (AvgIpc) is 3.40. The molecule has 2 aliphatic rings. The van der Waals surface area contributed by atoms with Crippen molar-refractivity contribution in [1.29, 1.82) is 0 Å². The van der Waals surface area contributed by atoms with E-state index in [1.807, 2.05) is 24.3 Å². The van der Waals surface area contributed by atoms with Crippen molar-refractivity contribution in [2.75, 3.05) is 26.3 Å². The number of hydrogen-bond acceptors (Lipinski definition) is 5. The Morgan fingerprint density at radius 2 is 1.73 bits per heavy atom. The van der Waals surface area contributed by atoms with Gasteiger partial charge in [0, 0.05) is 25.6 Å². The van der Waals surface area contributed by atoms with Crippen LogP contribution in [0.4, 0.5) is 4.79 Å². The van der Waals surface area contributed by atoms with E-state index in [1.165, 1.54) is 4.90 Å². The fourth-order valence-corrected chi connectivity index (χ4v) is 4.61. The first-order chi connectivity index (χ1) is 16.0. The van der Waals surface area contributed by atoms with Gasteiger partial charge in [-0.05, 0) is 35.6 Å². The van der Waals surface area contributed by atoms with Crippen LogP contribution in [-0.4, -0.2) is 66.4 Å². The van der Waals surface area contributed by atoms with Crippen LogP contribution in [0.25, 0.3) is 11.1 Å². The van der Waals surface area contributed by atoms with Crippen LogP contribution >= 0.6 is 0 Å². The number of rotatable bonds is 8. The lowest BCUT2D eigenvalue weighted by atomic mass is 9.98. The maximum atomic E-state index is 12.8. The highest BCUT2D eigenvalue weighted by Crippen LogP contribution is 2.44. The van der Waals surface area contributed by atoms with Crippen molar-refractivity contribution in [2.45, 2.75) is 37.8 Å². The molecule has 4 rings (SSSR count). The number of fused-ring (bicyclic) bond motifs is 3. The van der Waals surface area contributed by atoms with Crippen LogP contribution < -0.4 is 5.32 Å². The zero-order valence-electron chi connectivity index (χ0n) is 18.5. The summed E-state index contributed by atoms with van der Waals surface area (Å²) in [7, 11) is 0. The third kappa shape index (κ3) is 4.85. The number of alkyl carbamates (subject to hydrolysis) is 1. The molecular weight excluding hydrogens is 424 g/mol. The number of carbonyl (C=O) groups is 3. The standard InChI is InChI=1S/C25H28N2O6/c1-2-27(13-11-22(28)29)24(30)23-21(12-14-32-23)26-25(31)33-15-20-18-9-5-3-7-16(18)17-8-4-6-10-19(17)20/h3-10,20-21,23H,2,11-15H2,1H3,(H,26,31)(H,28,29). The highest BCUT2D eigenvalue weighted by atomic mass is 16.6. The van der Waals surface area contributed by atoms with Crippen molar-refractivity contribution in [1.82, 2.24) is 10.2 Å². The van der Waals surface area contributed by atoms with Crippen LogP contribution in [-0.2, 0) is 19.1 Å². The normalized spacial score (nSPS) is 18.9. The van der Waals surface area contributed by atoms with E-state index in [0.29, 0.717) is 19.6 Å². The molecule has 0 radical (unpaired) electrons. The molecule has 2 N–H and O–H groups in total. The highest BCUT2D eigenvalue weighted by Gasteiger charge is 2.38. The summed E-state index contributed by atoms with van der Waals surface area (Å²) in [5.74, 6) is -1.34. The number of hydrogen-bond donors (Lipinski definition) is 2. The van der Waals surface area contributed by atoms with E-state index in [9.17, 15) is 14.4 Å². The Morgan fingerprint density at radius 3 is 2.33 bits per heavy atom. The highest BCUT2D eigenvalue weighted by molar-refractivity contribution is 5.83. The van der Waals surface area contributed by atoms with E-state index in [2.05, 4.69) is 29.6 Å². The number of ether oxygens (including phenoxy) is 2. The van der Waals surface area contributed by atoms with Crippen LogP contribution in [0.3, 0.4) is 0 Å². The van der Waals surface area contributed by atoms with Crippen molar-refractivity contribution < 1.29 is 29.0 Å². The van der Waals surface area contributed by atoms with Gasteiger partial charge < -0.3 is 24.8 Å². The van der Waals surface area contributed by atoms with E-state index >= 15 is 0 Å². The molecule has 1 saturated heterocycles. The van der Waals surface area contributed by atoms with Crippen LogP contribution in [0.15, 0.2) is 48.5 Å². The number of carbonyl (C=O) groups excluding carboxylic acids is 2. The Kier molecular flexibility index (Phi) is 6.93. The monoisotopic (exact) mass is 452 g/mol. The fraction of sp³-hybridized carbons (Fsp3) is 0.400. The van der Waals surface area contributed by atoms with Gasteiger partial charge in [0.1, 0.15) is 6.61 Å². The molecule has 8 nitrogen and oxygen atoms in total. The first-order valence-corrected chi connectivity index (χ1v) is 11.2. The number of likely N-dealkylation sites (N-methyl/N-ethyl adjacent to an activating group) is 1. The lowest BCUT2D eigenvalue weighted by Gasteiger charge is -2.26. The molecule has 2 amide bonds. The van der Waals surface area contributed by atoms with E-state index < -0.39 is 24.2 Å². The van der Waals surface area contributed by atoms with E-state index in [1.54, 1.807) is 6.92 Å². The van der Waals surface area contributed by atoms with Crippen molar-refractivity contribution >= 4 is 18.0 Å². The molecule has 0 saturated carbocycles. The SMILES string of the molecule is CCN(CCC(=O)O)C(=O)C1OCCC1NC(=O)OCC1c2ccccc2-c2ccccc21. The molecule has 8 heteroatoms. The minimum absolute atomic E-state index is 0.0491. The van der Waals surface area contributed by atoms with Crippen LogP contribution in [0, 0.1) is 0 Å². The third-order valence-corrected chi connectivity index (χ3v) is 6.27. The van der Waals surface area contributed by atoms with Gasteiger partial charge in [-0.25, -0.2) is 4.79 Å². The van der Waals surface area contributed by atoms with Crippen molar-refractivity contribution in [2.24, 2.45) is 0 Å². The lowest BCUT2D eigenvalue weighted by molar-refractivity contribution is -0.143. The molecule has 1 aliphatic carbocycles. The Labute approximate surface area is 192 Å². The second-order valence-electron chi connectivity index (χ2n) is 8.22. The summed E-state index contributed by atoms with van der Waals surface area (Å²) < 4.78 is 11.2. The summed E-state index contributed by atoms with van der Waals surface area (Å²) in [6, 6.07) is 15.7. The summed E-state index contributed by atoms with van der Waals surface area (Å²) in [5.41, 5.74) is 4.55. The van der Waals surface area contributed by atoms with Crippen molar-refractivity contribution in [3.05, 3.63) is 59.7 Å². The fourth-order valence-electron chi connectivity index (χ4n) is 4.61. The maximum absolute atomic E-state index is 12.8. The zero-order chi connectivity index (χ0) is 23.4. The Balaban J connectivity index is 1.37. The molecule has 1 heterocycles. The van der Waals surface area contributed by atoms with Gasteiger partial charge in [0.2, 0.25) is 0 Å². The number of nitrogens with zero attached hydrogens (tertiary/aromatic N) is 1. The Bertz CT molecular complexity index is 994. The first-order valence-electron chi connectivity index (χ1n) is 11.2. The van der Waals surface area contributed by atoms with E-state index in [0.717, 1.165) is 22.3 Å². The van der Waals surface area contributed by atoms with Gasteiger partial charge in [-0.15, -0.1) is 0 Å². The number of carboxylic acids is 1. The summed E-state index contributed by atoms with van der Waals surface area (Å²) in [5, 5.41) is 11.7. The zero-order valence-corrected chi connectivity index (χ0v) is 18.5. The number of carboxylic acid groups (broad SMARTS) is 1. The predicted octanol–water partition coefficient (Wildman–Crippen LogP) is 3.01. The molecule has 2 atom stereocenters. The molecule has 2 unspecified atom stereocenters. The molecule has 2 aromatic carbocycles. The second kappa shape index (κ2) is 10.0. The summed E-state index contributed by atoms with van der Waals surface area (Å²) in [6.07, 6.45) is -1.11. The van der Waals surface area contributed by atoms with Crippen LogP contribution in [0.2, 0.25) is 0 Å². The molecule has 2 aromatic rings. The van der Waals surface area contributed by atoms with Gasteiger partial charge in [0.15, 0.2) is 6.10 Å². The molecule has 0 bridgehead atoms. The minimum Gasteiger partial charge on any atom is -0.481 e. The summed E-state index contributed by atoms with van der Waals surface area (Å²) in [4.78, 5) is 37.8. The number of aliphatic carboxylic acids is 1. The molecule has 33 heavy (non-hydrogen) atoms. The maximum Gasteiger partial charge on any atom is 0.407 e. The molecule has 1 aliphatic heterocycles. The van der Waals surface area contributed by atoms with Crippen molar-refractivity contribution in [3.63, 3.8) is 0 Å². The van der Waals surface area contributed by atoms with Crippen LogP contribution in [0.5, 0.6) is 0 Å². The number of amides is 2. The van der Waals surface area contributed by atoms with Gasteiger partial charge in [-0.2, -0.15) is 0 Å².